The van der Waals surface area contributed by atoms with Crippen LogP contribution in [0.5, 0.6) is 0 Å². The lowest BCUT2D eigenvalue weighted by atomic mass is 10.00. The normalized spacial score (nSPS) is 23.1. The summed E-state index contributed by atoms with van der Waals surface area (Å²) >= 11 is 0. The lowest BCUT2D eigenvalue weighted by Gasteiger charge is -2.35. The number of carbonyl (C=O) groups excluding carboxylic acids is 1. The Morgan fingerprint density at radius 2 is 2.00 bits per heavy atom. The summed E-state index contributed by atoms with van der Waals surface area (Å²) in [6.07, 6.45) is 3.83. The van der Waals surface area contributed by atoms with Crippen LogP contribution in [0.2, 0.25) is 0 Å². The summed E-state index contributed by atoms with van der Waals surface area (Å²) < 4.78 is 0. The number of piperazine rings is 1. The smallest absolute Gasteiger partial charge is 0.272 e. The Morgan fingerprint density at radius 3 is 2.70 bits per heavy atom. The zero-order valence-electron chi connectivity index (χ0n) is 14.2. The number of likely N-dealkylation sites (tertiary alicyclic amines) is 1. The molecule has 0 radical (unpaired) electrons. The van der Waals surface area contributed by atoms with Crippen molar-refractivity contribution in [1.29, 1.82) is 0 Å². The predicted molar refractivity (Wildman–Crippen MR) is 90.7 cm³/mol. The van der Waals surface area contributed by atoms with E-state index < -0.39 is 0 Å². The molecular formula is C17H27N5O. The van der Waals surface area contributed by atoms with E-state index >= 15 is 0 Å². The van der Waals surface area contributed by atoms with Gasteiger partial charge in [0.1, 0.15) is 17.8 Å². The van der Waals surface area contributed by atoms with Gasteiger partial charge in [-0.3, -0.25) is 4.79 Å². The van der Waals surface area contributed by atoms with Gasteiger partial charge in [-0.05, 0) is 25.3 Å². The number of likely N-dealkylation sites (N-methyl/N-ethyl adjacent to an activating group) is 1. The topological polar surface area (TPSA) is 52.6 Å². The number of aromatic nitrogens is 2. The van der Waals surface area contributed by atoms with Crippen LogP contribution >= 0.6 is 0 Å². The van der Waals surface area contributed by atoms with E-state index in [9.17, 15) is 4.79 Å². The molecular weight excluding hydrogens is 290 g/mol. The van der Waals surface area contributed by atoms with Gasteiger partial charge in [0.15, 0.2) is 0 Å². The van der Waals surface area contributed by atoms with Crippen molar-refractivity contribution >= 4 is 11.7 Å². The van der Waals surface area contributed by atoms with Crippen molar-refractivity contribution in [1.82, 2.24) is 19.8 Å². The monoisotopic (exact) mass is 317 g/mol. The Bertz CT molecular complexity index is 542. The van der Waals surface area contributed by atoms with Crippen LogP contribution in [0, 0.1) is 5.92 Å². The Hall–Kier alpha value is -1.69. The summed E-state index contributed by atoms with van der Waals surface area (Å²) in [6.45, 7) is 11.2. The number of amides is 1. The molecule has 3 rings (SSSR count). The largest absolute Gasteiger partial charge is 0.354 e. The first kappa shape index (κ1) is 16.2. The zero-order chi connectivity index (χ0) is 16.2. The second kappa shape index (κ2) is 7.25. The fourth-order valence-electron chi connectivity index (χ4n) is 3.47. The SMILES string of the molecule is CCN1CCN(c2cc(C(=O)N3CCCC(C)C3)ncn2)CC1. The number of hydrogen-bond acceptors (Lipinski definition) is 5. The number of piperidine rings is 1. The Kier molecular flexibility index (Phi) is 5.10. The second-order valence-corrected chi connectivity index (χ2v) is 6.68. The van der Waals surface area contributed by atoms with Crippen LogP contribution in [0.15, 0.2) is 12.4 Å². The van der Waals surface area contributed by atoms with Gasteiger partial charge >= 0.3 is 0 Å². The molecule has 23 heavy (non-hydrogen) atoms. The number of hydrogen-bond donors (Lipinski definition) is 0. The molecule has 0 N–H and O–H groups in total. The molecule has 0 spiro atoms. The molecule has 0 bridgehead atoms. The molecule has 6 heteroatoms. The van der Waals surface area contributed by atoms with Gasteiger partial charge in [0.05, 0.1) is 0 Å². The van der Waals surface area contributed by atoms with E-state index in [-0.39, 0.29) is 5.91 Å². The van der Waals surface area contributed by atoms with E-state index in [1.54, 1.807) is 0 Å². The quantitative estimate of drug-likeness (QED) is 0.845. The van der Waals surface area contributed by atoms with E-state index in [0.29, 0.717) is 11.6 Å². The molecule has 2 aliphatic heterocycles. The molecule has 126 valence electrons. The average molecular weight is 317 g/mol. The van der Waals surface area contributed by atoms with Crippen LogP contribution in [-0.4, -0.2) is 71.5 Å². The molecule has 2 fully saturated rings. The summed E-state index contributed by atoms with van der Waals surface area (Å²) in [7, 11) is 0. The van der Waals surface area contributed by atoms with Crippen molar-refractivity contribution in [3.63, 3.8) is 0 Å². The molecule has 0 saturated carbocycles. The minimum atomic E-state index is 0.0485. The standard InChI is InChI=1S/C17H27N5O/c1-3-20-7-9-21(10-8-20)16-11-15(18-13-19-16)17(23)22-6-4-5-14(2)12-22/h11,13-14H,3-10,12H2,1-2H3. The molecule has 6 nitrogen and oxygen atoms in total. The average Bonchev–Trinajstić information content (AvgIpc) is 2.61. The van der Waals surface area contributed by atoms with E-state index in [1.807, 2.05) is 11.0 Å². The van der Waals surface area contributed by atoms with Crippen molar-refractivity contribution in [2.75, 3.05) is 50.7 Å². The van der Waals surface area contributed by atoms with Gasteiger partial charge in [-0.15, -0.1) is 0 Å². The van der Waals surface area contributed by atoms with Crippen LogP contribution in [0.1, 0.15) is 37.2 Å². The summed E-state index contributed by atoms with van der Waals surface area (Å²) in [5.74, 6) is 1.51. The first-order valence-corrected chi connectivity index (χ1v) is 8.76. The molecule has 1 atom stereocenters. The van der Waals surface area contributed by atoms with Crippen molar-refractivity contribution in [2.45, 2.75) is 26.7 Å². The number of carbonyl (C=O) groups is 1. The van der Waals surface area contributed by atoms with Crippen LogP contribution in [0.3, 0.4) is 0 Å². The summed E-state index contributed by atoms with van der Waals surface area (Å²) in [4.78, 5) is 27.9. The number of rotatable bonds is 3. The van der Waals surface area contributed by atoms with Crippen LogP contribution in [0.25, 0.3) is 0 Å². The van der Waals surface area contributed by atoms with Crippen LogP contribution in [-0.2, 0) is 0 Å². The molecule has 1 unspecified atom stereocenters. The third kappa shape index (κ3) is 3.80. The maximum Gasteiger partial charge on any atom is 0.272 e. The van der Waals surface area contributed by atoms with Crippen molar-refractivity contribution in [2.24, 2.45) is 5.92 Å². The Labute approximate surface area is 138 Å². The molecule has 1 amide bonds. The van der Waals surface area contributed by atoms with Crippen LogP contribution < -0.4 is 4.90 Å². The molecule has 3 heterocycles. The van der Waals surface area contributed by atoms with E-state index in [1.165, 1.54) is 12.7 Å². The van der Waals surface area contributed by atoms with E-state index in [4.69, 9.17) is 0 Å². The third-order valence-corrected chi connectivity index (χ3v) is 4.96. The third-order valence-electron chi connectivity index (χ3n) is 4.96. The maximum atomic E-state index is 12.7. The van der Waals surface area contributed by atoms with Crippen molar-refractivity contribution < 1.29 is 4.79 Å². The van der Waals surface area contributed by atoms with Gasteiger partial charge in [0.25, 0.3) is 5.91 Å². The molecule has 1 aromatic rings. The summed E-state index contributed by atoms with van der Waals surface area (Å²) in [6, 6.07) is 1.86. The minimum absolute atomic E-state index is 0.0485. The van der Waals surface area contributed by atoms with Gasteiger partial charge in [-0.2, -0.15) is 0 Å². The maximum absolute atomic E-state index is 12.7. The summed E-state index contributed by atoms with van der Waals surface area (Å²) in [5, 5.41) is 0. The predicted octanol–water partition coefficient (Wildman–Crippen LogP) is 1.49. The van der Waals surface area contributed by atoms with Crippen LogP contribution in [0.4, 0.5) is 5.82 Å². The number of nitrogens with zero attached hydrogens (tertiary/aromatic N) is 5. The Balaban J connectivity index is 1.68. The zero-order valence-corrected chi connectivity index (χ0v) is 14.2. The van der Waals surface area contributed by atoms with Gasteiger partial charge < -0.3 is 14.7 Å². The molecule has 0 aromatic carbocycles. The highest BCUT2D eigenvalue weighted by molar-refractivity contribution is 5.93. The van der Waals surface area contributed by atoms with E-state index in [0.717, 1.165) is 58.1 Å². The lowest BCUT2D eigenvalue weighted by molar-refractivity contribution is 0.0677. The second-order valence-electron chi connectivity index (χ2n) is 6.68. The highest BCUT2D eigenvalue weighted by atomic mass is 16.2. The highest BCUT2D eigenvalue weighted by Crippen LogP contribution is 2.19. The molecule has 2 aliphatic rings. The van der Waals surface area contributed by atoms with Crippen molar-refractivity contribution in [3.8, 4) is 0 Å². The van der Waals surface area contributed by atoms with Gasteiger partial charge in [-0.1, -0.05) is 13.8 Å². The highest BCUT2D eigenvalue weighted by Gasteiger charge is 2.24. The van der Waals surface area contributed by atoms with Gasteiger partial charge in [0.2, 0.25) is 0 Å². The molecule has 1 aromatic heterocycles. The van der Waals surface area contributed by atoms with Crippen molar-refractivity contribution in [3.05, 3.63) is 18.1 Å². The molecule has 2 saturated heterocycles. The first-order chi connectivity index (χ1) is 11.2. The minimum Gasteiger partial charge on any atom is -0.354 e. The fraction of sp³-hybridized carbons (Fsp3) is 0.706. The lowest BCUT2D eigenvalue weighted by Crippen LogP contribution is -2.46. The van der Waals surface area contributed by atoms with Gasteiger partial charge in [-0.25, -0.2) is 9.97 Å². The number of anilines is 1. The Morgan fingerprint density at radius 1 is 1.22 bits per heavy atom. The van der Waals surface area contributed by atoms with Gasteiger partial charge in [0, 0.05) is 45.3 Å². The molecule has 0 aliphatic carbocycles. The van der Waals surface area contributed by atoms with E-state index in [2.05, 4.69) is 33.6 Å². The summed E-state index contributed by atoms with van der Waals surface area (Å²) in [5.41, 5.74) is 0.530. The first-order valence-electron chi connectivity index (χ1n) is 8.76. The fourth-order valence-corrected chi connectivity index (χ4v) is 3.47.